The summed E-state index contributed by atoms with van der Waals surface area (Å²) in [5, 5.41) is 19.6. The maximum atomic E-state index is 13.1. The molecule has 1 saturated carbocycles. The average Bonchev–Trinajstić information content (AvgIpc) is 3.25. The molecule has 25 heavy (non-hydrogen) atoms. The van der Waals surface area contributed by atoms with Crippen LogP contribution in [0.4, 0.5) is 4.39 Å². The van der Waals surface area contributed by atoms with Gasteiger partial charge in [-0.15, -0.1) is 0 Å². The quantitative estimate of drug-likeness (QED) is 0.799. The zero-order chi connectivity index (χ0) is 18.1. The number of carbonyl (C=O) groups is 2. The van der Waals surface area contributed by atoms with Gasteiger partial charge in [0.05, 0.1) is 6.61 Å². The number of halogens is 1. The maximum Gasteiger partial charge on any atom is 0.319 e. The molecule has 0 bridgehead atoms. The van der Waals surface area contributed by atoms with E-state index in [1.807, 2.05) is 0 Å². The molecular weight excluding hydrogens is 325 g/mol. The molecule has 1 aliphatic carbocycles. The van der Waals surface area contributed by atoms with Crippen molar-refractivity contribution in [2.45, 2.75) is 38.5 Å². The van der Waals surface area contributed by atoms with Gasteiger partial charge in [0.15, 0.2) is 0 Å². The van der Waals surface area contributed by atoms with Crippen LogP contribution in [-0.4, -0.2) is 46.7 Å². The van der Waals surface area contributed by atoms with E-state index in [1.54, 1.807) is 17.0 Å². The van der Waals surface area contributed by atoms with Gasteiger partial charge in [0.1, 0.15) is 11.2 Å². The van der Waals surface area contributed by atoms with Crippen LogP contribution in [0.1, 0.15) is 37.7 Å². The number of hydrogen-bond acceptors (Lipinski definition) is 3. The van der Waals surface area contributed by atoms with Crippen LogP contribution in [0.15, 0.2) is 24.3 Å². The summed E-state index contributed by atoms with van der Waals surface area (Å²) in [5.41, 5.74) is -0.883. The highest BCUT2D eigenvalue weighted by atomic mass is 19.1. The molecule has 3 rings (SSSR count). The molecular formula is C19H24FNO4. The number of amides is 1. The summed E-state index contributed by atoms with van der Waals surface area (Å²) >= 11 is 0. The minimum atomic E-state index is -1.29. The molecule has 0 aromatic heterocycles. The lowest BCUT2D eigenvalue weighted by Gasteiger charge is -2.31. The summed E-state index contributed by atoms with van der Waals surface area (Å²) in [6.07, 6.45) is 3.44. The predicted octanol–water partition coefficient (Wildman–Crippen LogP) is 2.22. The van der Waals surface area contributed by atoms with Crippen molar-refractivity contribution in [2.24, 2.45) is 10.8 Å². The van der Waals surface area contributed by atoms with E-state index in [1.165, 1.54) is 12.1 Å². The maximum absolute atomic E-state index is 13.1. The number of benzene rings is 1. The molecule has 5 nitrogen and oxygen atoms in total. The van der Waals surface area contributed by atoms with Crippen LogP contribution in [0.25, 0.3) is 0 Å². The molecule has 2 aliphatic rings. The van der Waals surface area contributed by atoms with Gasteiger partial charge in [-0.25, -0.2) is 4.39 Å². The number of carbonyl (C=O) groups excluding carboxylic acids is 1. The summed E-state index contributed by atoms with van der Waals surface area (Å²) in [6, 6.07) is 6.15. The van der Waals surface area contributed by atoms with E-state index < -0.39 is 16.8 Å². The molecule has 2 fully saturated rings. The Morgan fingerprint density at radius 2 is 1.76 bits per heavy atom. The molecule has 136 valence electrons. The van der Waals surface area contributed by atoms with Crippen molar-refractivity contribution >= 4 is 11.9 Å². The number of aliphatic carboxylic acids is 1. The third kappa shape index (κ3) is 3.27. The van der Waals surface area contributed by atoms with Crippen molar-refractivity contribution in [3.8, 4) is 0 Å². The fourth-order valence-electron chi connectivity index (χ4n) is 4.27. The molecule has 1 unspecified atom stereocenters. The van der Waals surface area contributed by atoms with E-state index in [9.17, 15) is 24.2 Å². The standard InChI is InChI=1S/C19H24FNO4/c20-15-5-3-14(4-6-15)11-18(13-22)9-10-21(12-18)16(23)19(17(24)25)7-1-2-8-19/h3-6,22H,1-2,7-13H2,(H,24,25). The molecule has 1 aromatic rings. The third-order valence-electron chi connectivity index (χ3n) is 5.83. The Morgan fingerprint density at radius 3 is 2.32 bits per heavy atom. The Morgan fingerprint density at radius 1 is 1.12 bits per heavy atom. The largest absolute Gasteiger partial charge is 0.480 e. The van der Waals surface area contributed by atoms with Crippen LogP contribution >= 0.6 is 0 Å². The average molecular weight is 349 g/mol. The van der Waals surface area contributed by atoms with Gasteiger partial charge < -0.3 is 15.1 Å². The summed E-state index contributed by atoms with van der Waals surface area (Å²) in [5.74, 6) is -1.66. The highest BCUT2D eigenvalue weighted by Gasteiger charge is 2.52. The van der Waals surface area contributed by atoms with Crippen LogP contribution in [0.3, 0.4) is 0 Å². The normalized spacial score (nSPS) is 25.3. The van der Waals surface area contributed by atoms with Gasteiger partial charge in [-0.3, -0.25) is 9.59 Å². The van der Waals surface area contributed by atoms with Gasteiger partial charge in [0.25, 0.3) is 0 Å². The number of rotatable bonds is 5. The highest BCUT2D eigenvalue weighted by Crippen LogP contribution is 2.43. The molecule has 1 aliphatic heterocycles. The van der Waals surface area contributed by atoms with E-state index in [4.69, 9.17) is 0 Å². The monoisotopic (exact) mass is 349 g/mol. The minimum absolute atomic E-state index is 0.0891. The SMILES string of the molecule is O=C(O)C1(C(=O)N2CCC(CO)(Cc3ccc(F)cc3)C2)CCCC1. The second kappa shape index (κ2) is 6.75. The first kappa shape index (κ1) is 17.9. The Bertz CT molecular complexity index is 654. The van der Waals surface area contributed by atoms with Crippen molar-refractivity contribution in [1.29, 1.82) is 0 Å². The zero-order valence-corrected chi connectivity index (χ0v) is 14.2. The Labute approximate surface area is 146 Å². The number of likely N-dealkylation sites (tertiary alicyclic amines) is 1. The fraction of sp³-hybridized carbons (Fsp3) is 0.579. The topological polar surface area (TPSA) is 77.8 Å². The summed E-state index contributed by atoms with van der Waals surface area (Å²) in [6.45, 7) is 0.707. The fourth-order valence-corrected chi connectivity index (χ4v) is 4.27. The molecule has 0 radical (unpaired) electrons. The Balaban J connectivity index is 1.75. The van der Waals surface area contributed by atoms with Gasteiger partial charge in [-0.2, -0.15) is 0 Å². The molecule has 0 spiro atoms. The molecule has 1 amide bonds. The van der Waals surface area contributed by atoms with Gasteiger partial charge in [-0.05, 0) is 43.4 Å². The zero-order valence-electron chi connectivity index (χ0n) is 14.2. The third-order valence-corrected chi connectivity index (χ3v) is 5.83. The molecule has 1 aromatic carbocycles. The van der Waals surface area contributed by atoms with Crippen LogP contribution in [0, 0.1) is 16.6 Å². The lowest BCUT2D eigenvalue weighted by Crippen LogP contribution is -2.47. The van der Waals surface area contributed by atoms with Gasteiger partial charge in [0.2, 0.25) is 5.91 Å². The Kier molecular flexibility index (Phi) is 4.82. The number of nitrogens with zero attached hydrogens (tertiary/aromatic N) is 1. The van der Waals surface area contributed by atoms with E-state index in [0.717, 1.165) is 18.4 Å². The summed E-state index contributed by atoms with van der Waals surface area (Å²) in [7, 11) is 0. The lowest BCUT2D eigenvalue weighted by molar-refractivity contribution is -0.160. The van der Waals surface area contributed by atoms with Crippen molar-refractivity contribution in [1.82, 2.24) is 4.90 Å². The van der Waals surface area contributed by atoms with Gasteiger partial charge >= 0.3 is 5.97 Å². The van der Waals surface area contributed by atoms with Crippen molar-refractivity contribution < 1.29 is 24.2 Å². The first-order chi connectivity index (χ1) is 11.9. The van der Waals surface area contributed by atoms with Crippen molar-refractivity contribution in [3.63, 3.8) is 0 Å². The molecule has 2 N–H and O–H groups in total. The van der Waals surface area contributed by atoms with Crippen LogP contribution in [0.2, 0.25) is 0 Å². The highest BCUT2D eigenvalue weighted by molar-refractivity contribution is 6.02. The van der Waals surface area contributed by atoms with Crippen molar-refractivity contribution in [2.75, 3.05) is 19.7 Å². The van der Waals surface area contributed by atoms with Crippen LogP contribution < -0.4 is 0 Å². The second-order valence-electron chi connectivity index (χ2n) is 7.53. The number of hydrogen-bond donors (Lipinski definition) is 2. The minimum Gasteiger partial charge on any atom is -0.480 e. The first-order valence-corrected chi connectivity index (χ1v) is 8.79. The van der Waals surface area contributed by atoms with E-state index in [2.05, 4.69) is 0 Å². The molecule has 1 heterocycles. The van der Waals surface area contributed by atoms with Gasteiger partial charge in [0, 0.05) is 18.5 Å². The van der Waals surface area contributed by atoms with Crippen molar-refractivity contribution in [3.05, 3.63) is 35.6 Å². The van der Waals surface area contributed by atoms with Crippen LogP contribution in [0.5, 0.6) is 0 Å². The number of carboxylic acids is 1. The second-order valence-corrected chi connectivity index (χ2v) is 7.53. The van der Waals surface area contributed by atoms with Gasteiger partial charge in [-0.1, -0.05) is 25.0 Å². The predicted molar refractivity (Wildman–Crippen MR) is 89.4 cm³/mol. The molecule has 6 heteroatoms. The van der Waals surface area contributed by atoms with E-state index in [0.29, 0.717) is 38.8 Å². The Hall–Kier alpha value is -1.95. The molecule has 1 atom stereocenters. The first-order valence-electron chi connectivity index (χ1n) is 8.79. The van der Waals surface area contributed by atoms with E-state index in [-0.39, 0.29) is 18.3 Å². The summed E-state index contributed by atoms with van der Waals surface area (Å²) < 4.78 is 13.1. The van der Waals surface area contributed by atoms with E-state index >= 15 is 0 Å². The van der Waals surface area contributed by atoms with Crippen LogP contribution in [-0.2, 0) is 16.0 Å². The molecule has 1 saturated heterocycles. The lowest BCUT2D eigenvalue weighted by atomic mass is 9.81. The number of aliphatic hydroxyl groups excluding tert-OH is 1. The number of carboxylic acid groups (broad SMARTS) is 1. The smallest absolute Gasteiger partial charge is 0.319 e. The number of aliphatic hydroxyl groups is 1. The summed E-state index contributed by atoms with van der Waals surface area (Å²) in [4.78, 5) is 26.3.